The summed E-state index contributed by atoms with van der Waals surface area (Å²) in [7, 11) is -2.82. The summed E-state index contributed by atoms with van der Waals surface area (Å²) in [5, 5.41) is 7.30. The van der Waals surface area contributed by atoms with E-state index in [-0.39, 0.29) is 0 Å². The Labute approximate surface area is 170 Å². The van der Waals surface area contributed by atoms with Crippen molar-refractivity contribution in [2.24, 2.45) is 0 Å². The first-order valence-corrected chi connectivity index (χ1v) is 16.9. The predicted octanol–water partition coefficient (Wildman–Crippen LogP) is 7.25. The first-order chi connectivity index (χ1) is 13.4. The van der Waals surface area contributed by atoms with Crippen LogP contribution in [0.2, 0.25) is 32.2 Å². The number of aromatic nitrogens is 1. The third-order valence-corrected chi connectivity index (χ3v) is 14.1. The SMILES string of the molecule is C[Si]1(C)C=CC=C1c1c2ccccc2c(C2CCC[Si]2(C)C)c2cnccc12. The number of pyridine rings is 1. The fourth-order valence-electron chi connectivity index (χ4n) is 5.68. The second-order valence-electron chi connectivity index (χ2n) is 9.85. The fourth-order valence-corrected chi connectivity index (χ4v) is 11.4. The predicted molar refractivity (Wildman–Crippen MR) is 128 cm³/mol. The smallest absolute Gasteiger partial charge is 0.105 e. The minimum absolute atomic E-state index is 0.735. The van der Waals surface area contributed by atoms with Crippen molar-refractivity contribution in [3.63, 3.8) is 0 Å². The highest BCUT2D eigenvalue weighted by molar-refractivity contribution is 6.99. The van der Waals surface area contributed by atoms with Crippen LogP contribution < -0.4 is 0 Å². The van der Waals surface area contributed by atoms with Crippen LogP contribution in [0.15, 0.2) is 60.6 Å². The quantitative estimate of drug-likeness (QED) is 0.326. The first kappa shape index (κ1) is 18.1. The Morgan fingerprint density at radius 1 is 0.929 bits per heavy atom. The van der Waals surface area contributed by atoms with Gasteiger partial charge in [-0.1, -0.05) is 80.8 Å². The topological polar surface area (TPSA) is 12.9 Å². The van der Waals surface area contributed by atoms with Gasteiger partial charge in [-0.05, 0) is 50.5 Å². The average Bonchev–Trinajstić information content (AvgIpc) is 3.20. The molecule has 0 spiro atoms. The first-order valence-electron chi connectivity index (χ1n) is 10.6. The van der Waals surface area contributed by atoms with Gasteiger partial charge in [-0.15, -0.1) is 0 Å². The maximum Gasteiger partial charge on any atom is 0.105 e. The molecule has 3 heterocycles. The van der Waals surface area contributed by atoms with E-state index in [9.17, 15) is 0 Å². The van der Waals surface area contributed by atoms with Gasteiger partial charge in [0.2, 0.25) is 0 Å². The van der Waals surface area contributed by atoms with Crippen LogP contribution in [0.5, 0.6) is 0 Å². The highest BCUT2D eigenvalue weighted by Gasteiger charge is 2.40. The lowest BCUT2D eigenvalue weighted by Crippen LogP contribution is -2.29. The second-order valence-corrected chi connectivity index (χ2v) is 19.3. The lowest BCUT2D eigenvalue weighted by Gasteiger charge is -2.30. The molecule has 5 rings (SSSR count). The zero-order chi connectivity index (χ0) is 19.5. The van der Waals surface area contributed by atoms with Crippen LogP contribution in [0, 0.1) is 0 Å². The zero-order valence-corrected chi connectivity index (χ0v) is 19.4. The molecule has 1 saturated heterocycles. The summed E-state index contributed by atoms with van der Waals surface area (Å²) < 4.78 is 0. The van der Waals surface area contributed by atoms with E-state index in [1.807, 2.05) is 6.20 Å². The average molecular weight is 400 g/mol. The van der Waals surface area contributed by atoms with Gasteiger partial charge in [0.25, 0.3) is 0 Å². The Kier molecular flexibility index (Phi) is 4.04. The molecule has 1 unspecified atom stereocenters. The molecule has 1 atom stereocenters. The molecule has 28 heavy (non-hydrogen) atoms. The van der Waals surface area contributed by atoms with E-state index >= 15 is 0 Å². The van der Waals surface area contributed by atoms with Crippen molar-refractivity contribution in [3.8, 4) is 0 Å². The molecule has 1 nitrogen and oxygen atoms in total. The van der Waals surface area contributed by atoms with E-state index < -0.39 is 16.1 Å². The fraction of sp³-hybridized carbons (Fsp3) is 0.320. The molecule has 2 aliphatic heterocycles. The highest BCUT2D eigenvalue weighted by Crippen LogP contribution is 2.49. The molecule has 1 aromatic heterocycles. The Morgan fingerprint density at radius 3 is 2.36 bits per heavy atom. The molecule has 0 N–H and O–H groups in total. The Morgan fingerprint density at radius 2 is 1.68 bits per heavy atom. The molecule has 1 fully saturated rings. The van der Waals surface area contributed by atoms with E-state index in [4.69, 9.17) is 0 Å². The van der Waals surface area contributed by atoms with Crippen molar-refractivity contribution >= 4 is 42.9 Å². The number of rotatable bonds is 2. The normalized spacial score (nSPS) is 22.9. The number of nitrogens with zero attached hydrogens (tertiary/aromatic N) is 1. The van der Waals surface area contributed by atoms with Gasteiger partial charge in [-0.2, -0.15) is 0 Å². The van der Waals surface area contributed by atoms with Crippen molar-refractivity contribution < 1.29 is 0 Å². The molecule has 0 radical (unpaired) electrons. The summed E-state index contributed by atoms with van der Waals surface area (Å²) in [6, 6.07) is 12.9. The maximum atomic E-state index is 4.60. The molecular formula is C25H29NSi2. The van der Waals surface area contributed by atoms with Crippen LogP contribution in [0.25, 0.3) is 26.7 Å². The van der Waals surface area contributed by atoms with Gasteiger partial charge in [0.1, 0.15) is 8.07 Å². The molecule has 2 aliphatic rings. The monoisotopic (exact) mass is 399 g/mol. The Hall–Kier alpha value is -1.98. The molecule has 2 aromatic carbocycles. The number of hydrogen-bond donors (Lipinski definition) is 0. The van der Waals surface area contributed by atoms with Crippen molar-refractivity contribution in [1.29, 1.82) is 0 Å². The molecule has 0 bridgehead atoms. The van der Waals surface area contributed by atoms with Gasteiger partial charge in [-0.25, -0.2) is 0 Å². The Bertz CT molecular complexity index is 1100. The van der Waals surface area contributed by atoms with Gasteiger partial charge in [-0.3, -0.25) is 4.98 Å². The molecule has 0 aliphatic carbocycles. The summed E-state index contributed by atoms with van der Waals surface area (Å²) in [6.07, 6.45) is 11.5. The van der Waals surface area contributed by atoms with Crippen LogP contribution in [-0.4, -0.2) is 21.1 Å². The summed E-state index contributed by atoms with van der Waals surface area (Å²) in [5.41, 5.74) is 6.27. The van der Waals surface area contributed by atoms with Crippen LogP contribution in [-0.2, 0) is 0 Å². The summed E-state index contributed by atoms with van der Waals surface area (Å²) in [4.78, 5) is 4.60. The summed E-state index contributed by atoms with van der Waals surface area (Å²) in [6.45, 7) is 10.1. The summed E-state index contributed by atoms with van der Waals surface area (Å²) in [5.74, 6) is 0. The number of fused-ring (bicyclic) bond motifs is 2. The van der Waals surface area contributed by atoms with Gasteiger partial charge in [0.15, 0.2) is 0 Å². The lowest BCUT2D eigenvalue weighted by molar-refractivity contribution is 0.826. The summed E-state index contributed by atoms with van der Waals surface area (Å²) >= 11 is 0. The van der Waals surface area contributed by atoms with E-state index in [0.29, 0.717) is 0 Å². The van der Waals surface area contributed by atoms with Crippen LogP contribution in [0.3, 0.4) is 0 Å². The van der Waals surface area contributed by atoms with Gasteiger partial charge in [0, 0.05) is 17.8 Å². The number of benzene rings is 2. The van der Waals surface area contributed by atoms with Crippen molar-refractivity contribution in [1.82, 2.24) is 4.98 Å². The maximum absolute atomic E-state index is 4.60. The standard InChI is InChI=1S/C25H29NSi2/c1-27(2)15-7-11-22(27)24-18-9-5-6-10-19(18)25(21-17-26-14-13-20(21)24)23-12-8-16-28(23,3)4/h5-7,9-11,13-15,17,23H,8,12,16H2,1-4H3. The zero-order valence-electron chi connectivity index (χ0n) is 17.4. The number of hydrogen-bond acceptors (Lipinski definition) is 1. The van der Waals surface area contributed by atoms with Crippen molar-refractivity contribution in [2.45, 2.75) is 50.6 Å². The van der Waals surface area contributed by atoms with E-state index in [1.165, 1.54) is 46.0 Å². The second kappa shape index (κ2) is 6.26. The van der Waals surface area contributed by atoms with E-state index in [0.717, 1.165) is 5.54 Å². The molecule has 3 aromatic rings. The largest absolute Gasteiger partial charge is 0.264 e. The number of allylic oxidation sites excluding steroid dienone is 2. The van der Waals surface area contributed by atoms with Gasteiger partial charge in [0.05, 0.1) is 8.07 Å². The van der Waals surface area contributed by atoms with Crippen molar-refractivity contribution in [3.05, 3.63) is 71.7 Å². The lowest BCUT2D eigenvalue weighted by atomic mass is 9.90. The molecule has 142 valence electrons. The van der Waals surface area contributed by atoms with Crippen LogP contribution >= 0.6 is 0 Å². The Balaban J connectivity index is 1.93. The third-order valence-electron chi connectivity index (χ3n) is 7.21. The molecule has 0 amide bonds. The minimum Gasteiger partial charge on any atom is -0.264 e. The van der Waals surface area contributed by atoms with Crippen LogP contribution in [0.1, 0.15) is 29.5 Å². The molecular weight excluding hydrogens is 370 g/mol. The van der Waals surface area contributed by atoms with Crippen molar-refractivity contribution in [2.75, 3.05) is 0 Å². The minimum atomic E-state index is -1.55. The third kappa shape index (κ3) is 2.60. The highest BCUT2D eigenvalue weighted by atomic mass is 28.3. The van der Waals surface area contributed by atoms with E-state index in [1.54, 1.807) is 10.8 Å². The van der Waals surface area contributed by atoms with Crippen LogP contribution in [0.4, 0.5) is 0 Å². The van der Waals surface area contributed by atoms with E-state index in [2.05, 4.69) is 85.6 Å². The van der Waals surface area contributed by atoms with Gasteiger partial charge < -0.3 is 0 Å². The van der Waals surface area contributed by atoms with Gasteiger partial charge >= 0.3 is 0 Å². The molecule has 0 saturated carbocycles. The molecule has 3 heteroatoms.